The van der Waals surface area contributed by atoms with Crippen molar-refractivity contribution in [1.29, 1.82) is 0 Å². The number of alkyl carbamates (subject to hydrolysis) is 1. The average Bonchev–Trinajstić information content (AvgIpc) is 2.65. The second-order valence-electron chi connectivity index (χ2n) is 7.47. The Kier molecular flexibility index (Phi) is 7.70. The molecule has 1 atom stereocenters. The van der Waals surface area contributed by atoms with Crippen molar-refractivity contribution in [3.05, 3.63) is 59.7 Å². The molecule has 0 aliphatic carbocycles. The molecular formula is C22H29NO5. The molecule has 0 aliphatic heterocycles. The molecule has 0 saturated carbocycles. The monoisotopic (exact) mass is 387 g/mol. The van der Waals surface area contributed by atoms with Crippen LogP contribution in [0.2, 0.25) is 0 Å². The Morgan fingerprint density at radius 2 is 1.82 bits per heavy atom. The summed E-state index contributed by atoms with van der Waals surface area (Å²) in [7, 11) is 1.56. The van der Waals surface area contributed by atoms with Gasteiger partial charge < -0.3 is 24.6 Å². The molecule has 0 fully saturated rings. The topological polar surface area (TPSA) is 77.0 Å². The Bertz CT molecular complexity index is 755. The first-order chi connectivity index (χ1) is 13.3. The molecule has 2 aromatic carbocycles. The lowest BCUT2D eigenvalue weighted by Gasteiger charge is -2.24. The molecule has 6 nitrogen and oxygen atoms in total. The molecule has 1 unspecified atom stereocenters. The summed E-state index contributed by atoms with van der Waals surface area (Å²) in [4.78, 5) is 12.1. The number of aliphatic hydroxyl groups excluding tert-OH is 1. The third-order valence-electron chi connectivity index (χ3n) is 3.91. The molecule has 6 heteroatoms. The number of carbonyl (C=O) groups excluding carboxylic acids is 1. The number of methoxy groups -OCH3 is 1. The van der Waals surface area contributed by atoms with Gasteiger partial charge in [-0.25, -0.2) is 4.79 Å². The maximum absolute atomic E-state index is 12.1. The van der Waals surface area contributed by atoms with Crippen molar-refractivity contribution in [3.63, 3.8) is 0 Å². The molecule has 0 spiro atoms. The van der Waals surface area contributed by atoms with Crippen molar-refractivity contribution >= 4 is 6.09 Å². The van der Waals surface area contributed by atoms with E-state index in [-0.39, 0.29) is 13.0 Å². The molecule has 0 bridgehead atoms. The van der Waals surface area contributed by atoms with Gasteiger partial charge in [-0.3, -0.25) is 0 Å². The number of hydrogen-bond acceptors (Lipinski definition) is 5. The van der Waals surface area contributed by atoms with Crippen LogP contribution in [0.5, 0.6) is 11.5 Å². The lowest BCUT2D eigenvalue weighted by Crippen LogP contribution is -2.41. The van der Waals surface area contributed by atoms with E-state index in [1.165, 1.54) is 0 Å². The van der Waals surface area contributed by atoms with Gasteiger partial charge in [0.2, 0.25) is 0 Å². The lowest BCUT2D eigenvalue weighted by molar-refractivity contribution is 0.0748. The molecule has 2 N–H and O–H groups in total. The van der Waals surface area contributed by atoms with Crippen LogP contribution in [0.4, 0.5) is 4.79 Å². The molecule has 2 aromatic rings. The van der Waals surface area contributed by atoms with Crippen LogP contribution in [0.15, 0.2) is 48.5 Å². The van der Waals surface area contributed by atoms with E-state index in [9.17, 15) is 9.90 Å². The first-order valence-electron chi connectivity index (χ1n) is 9.26. The second kappa shape index (κ2) is 9.99. The summed E-state index contributed by atoms with van der Waals surface area (Å²) in [6.07, 6.45) is -0.843. The highest BCUT2D eigenvalue weighted by Gasteiger charge is 2.21. The molecule has 0 aromatic heterocycles. The van der Waals surface area contributed by atoms with Gasteiger partial charge in [-0.15, -0.1) is 0 Å². The largest absolute Gasteiger partial charge is 0.493 e. The number of ether oxygens (including phenoxy) is 3. The van der Waals surface area contributed by atoms with Gasteiger partial charge in [0, 0.05) is 18.6 Å². The molecule has 0 saturated heterocycles. The highest BCUT2D eigenvalue weighted by atomic mass is 16.6. The number of aliphatic hydroxyl groups is 1. The molecule has 2 rings (SSSR count). The average molecular weight is 387 g/mol. The van der Waals surface area contributed by atoms with E-state index in [1.54, 1.807) is 19.2 Å². The smallest absolute Gasteiger partial charge is 0.408 e. The fraction of sp³-hybridized carbons (Fsp3) is 0.409. The summed E-state index contributed by atoms with van der Waals surface area (Å²) in [5.74, 6) is 1.13. The van der Waals surface area contributed by atoms with Gasteiger partial charge in [0.05, 0.1) is 7.11 Å². The predicted molar refractivity (Wildman–Crippen MR) is 108 cm³/mol. The predicted octanol–water partition coefficient (Wildman–Crippen LogP) is 4.22. The SMILES string of the molecule is COc1cc(C(CCO)OC(=O)NC(C)(C)C)ccc1OCc1ccccc1. The first-order valence-corrected chi connectivity index (χ1v) is 9.26. The third kappa shape index (κ3) is 6.78. The van der Waals surface area contributed by atoms with Gasteiger partial charge in [0.15, 0.2) is 11.5 Å². The minimum atomic E-state index is -0.593. The number of rotatable bonds is 8. The summed E-state index contributed by atoms with van der Waals surface area (Å²) >= 11 is 0. The van der Waals surface area contributed by atoms with Crippen LogP contribution in [0.3, 0.4) is 0 Å². The van der Waals surface area contributed by atoms with Crippen molar-refractivity contribution in [2.75, 3.05) is 13.7 Å². The normalized spacial score (nSPS) is 12.2. The molecule has 0 radical (unpaired) electrons. The highest BCUT2D eigenvalue weighted by Crippen LogP contribution is 2.33. The van der Waals surface area contributed by atoms with Crippen molar-refractivity contribution in [1.82, 2.24) is 5.32 Å². The Labute approximate surface area is 166 Å². The van der Waals surface area contributed by atoms with E-state index in [2.05, 4.69) is 5.32 Å². The second-order valence-corrected chi connectivity index (χ2v) is 7.47. The van der Waals surface area contributed by atoms with Gasteiger partial charge >= 0.3 is 6.09 Å². The lowest BCUT2D eigenvalue weighted by atomic mass is 10.1. The quantitative estimate of drug-likeness (QED) is 0.709. The number of benzene rings is 2. The van der Waals surface area contributed by atoms with Crippen molar-refractivity contribution < 1.29 is 24.1 Å². The zero-order valence-corrected chi connectivity index (χ0v) is 16.9. The standard InChI is InChI=1S/C22H29NO5/c1-22(2,3)23-21(25)28-18(12-13-24)17-10-11-19(20(14-17)26-4)27-15-16-8-6-5-7-9-16/h5-11,14,18,24H,12-13,15H2,1-4H3,(H,23,25). The van der Waals surface area contributed by atoms with Crippen LogP contribution in [0.25, 0.3) is 0 Å². The van der Waals surface area contributed by atoms with Crippen LogP contribution >= 0.6 is 0 Å². The van der Waals surface area contributed by atoms with Crippen molar-refractivity contribution in [3.8, 4) is 11.5 Å². The summed E-state index contributed by atoms with van der Waals surface area (Å²) in [5, 5.41) is 12.1. The van der Waals surface area contributed by atoms with Crippen LogP contribution in [-0.4, -0.2) is 30.5 Å². The van der Waals surface area contributed by atoms with Gasteiger partial charge in [-0.1, -0.05) is 36.4 Å². The van der Waals surface area contributed by atoms with Gasteiger partial charge in [-0.2, -0.15) is 0 Å². The minimum Gasteiger partial charge on any atom is -0.493 e. The Hall–Kier alpha value is -2.73. The van der Waals surface area contributed by atoms with E-state index < -0.39 is 17.7 Å². The number of amides is 1. The molecule has 0 heterocycles. The Balaban J connectivity index is 2.12. The van der Waals surface area contributed by atoms with Crippen LogP contribution in [-0.2, 0) is 11.3 Å². The maximum Gasteiger partial charge on any atom is 0.408 e. The maximum atomic E-state index is 12.1. The molecular weight excluding hydrogens is 358 g/mol. The summed E-state index contributed by atoms with van der Waals surface area (Å²) in [5.41, 5.74) is 1.37. The van der Waals surface area contributed by atoms with Gasteiger partial charge in [0.1, 0.15) is 12.7 Å². The van der Waals surface area contributed by atoms with Gasteiger partial charge in [0.25, 0.3) is 0 Å². The molecule has 28 heavy (non-hydrogen) atoms. The zero-order valence-electron chi connectivity index (χ0n) is 16.9. The van der Waals surface area contributed by atoms with E-state index in [4.69, 9.17) is 14.2 Å². The highest BCUT2D eigenvalue weighted by molar-refractivity contribution is 5.68. The van der Waals surface area contributed by atoms with Crippen molar-refractivity contribution in [2.24, 2.45) is 0 Å². The molecule has 1 amide bonds. The molecule has 152 valence electrons. The number of hydrogen-bond donors (Lipinski definition) is 2. The summed E-state index contributed by atoms with van der Waals surface area (Å²) < 4.78 is 16.8. The van der Waals surface area contributed by atoms with E-state index >= 15 is 0 Å². The Morgan fingerprint density at radius 3 is 2.43 bits per heavy atom. The van der Waals surface area contributed by atoms with Crippen LogP contribution in [0.1, 0.15) is 44.4 Å². The zero-order chi connectivity index (χ0) is 20.6. The van der Waals surface area contributed by atoms with E-state index in [0.29, 0.717) is 18.1 Å². The third-order valence-corrected chi connectivity index (χ3v) is 3.91. The number of carbonyl (C=O) groups is 1. The fourth-order valence-electron chi connectivity index (χ4n) is 2.61. The first kappa shape index (κ1) is 21.6. The number of nitrogens with one attached hydrogen (secondary N) is 1. The molecule has 0 aliphatic rings. The summed E-state index contributed by atoms with van der Waals surface area (Å²) in [6.45, 7) is 5.93. The van der Waals surface area contributed by atoms with Gasteiger partial charge in [-0.05, 0) is 44.0 Å². The fourth-order valence-corrected chi connectivity index (χ4v) is 2.61. The van der Waals surface area contributed by atoms with E-state index in [1.807, 2.05) is 57.2 Å². The van der Waals surface area contributed by atoms with Crippen molar-refractivity contribution in [2.45, 2.75) is 45.4 Å². The van der Waals surface area contributed by atoms with E-state index in [0.717, 1.165) is 11.1 Å². The van der Waals surface area contributed by atoms with Crippen LogP contribution in [0, 0.1) is 0 Å². The Morgan fingerprint density at radius 1 is 1.11 bits per heavy atom. The summed E-state index contributed by atoms with van der Waals surface area (Å²) in [6, 6.07) is 15.2. The minimum absolute atomic E-state index is 0.109. The van der Waals surface area contributed by atoms with Crippen LogP contribution < -0.4 is 14.8 Å².